The third-order valence-corrected chi connectivity index (χ3v) is 6.96. The highest BCUT2D eigenvalue weighted by molar-refractivity contribution is 7.95. The van der Waals surface area contributed by atoms with Crippen LogP contribution in [0.4, 0.5) is 10.5 Å². The molecule has 0 radical (unpaired) electrons. The molecule has 0 aromatic heterocycles. The predicted molar refractivity (Wildman–Crippen MR) is 111 cm³/mol. The molecule has 1 aromatic carbocycles. The molecule has 0 bridgehead atoms. The third-order valence-electron chi connectivity index (χ3n) is 5.57. The monoisotopic (exact) mass is 415 g/mol. The average Bonchev–Trinajstić information content (AvgIpc) is 3.28. The van der Waals surface area contributed by atoms with Gasteiger partial charge in [-0.1, -0.05) is 16.5 Å². The number of nitriles is 1. The summed E-state index contributed by atoms with van der Waals surface area (Å²) < 4.78 is 23.8. The van der Waals surface area contributed by atoms with Crippen LogP contribution >= 0.6 is 0 Å². The van der Waals surface area contributed by atoms with Crippen molar-refractivity contribution in [2.45, 2.75) is 44.6 Å². The van der Waals surface area contributed by atoms with Gasteiger partial charge in [0, 0.05) is 17.6 Å². The number of amides is 2. The molecule has 8 nitrogen and oxygen atoms in total. The minimum absolute atomic E-state index is 0.280. The summed E-state index contributed by atoms with van der Waals surface area (Å²) in [5, 5.41) is 16.3. The Morgan fingerprint density at radius 2 is 1.93 bits per heavy atom. The lowest BCUT2D eigenvalue weighted by molar-refractivity contribution is -0.00345. The first-order valence-electron chi connectivity index (χ1n) is 9.96. The van der Waals surface area contributed by atoms with E-state index < -0.39 is 15.9 Å². The van der Waals surface area contributed by atoms with Crippen molar-refractivity contribution in [1.29, 1.82) is 5.26 Å². The maximum absolute atomic E-state index is 12.9. The van der Waals surface area contributed by atoms with E-state index in [4.69, 9.17) is 10.00 Å². The van der Waals surface area contributed by atoms with E-state index in [2.05, 4.69) is 25.8 Å². The lowest BCUT2D eigenvalue weighted by Gasteiger charge is -2.26. The van der Waals surface area contributed by atoms with Crippen molar-refractivity contribution in [1.82, 2.24) is 10.0 Å². The SMILES string of the molecule is N#CN=S(=O)(/C=C/CNC1COC1)NC(=O)Nc1c2c(cc3c1CCC3)CCC2. The molecule has 2 amide bonds. The normalized spacial score (nSPS) is 19.7. The molecule has 1 unspecified atom stereocenters. The van der Waals surface area contributed by atoms with Crippen LogP contribution in [0.5, 0.6) is 0 Å². The lowest BCUT2D eigenvalue weighted by atomic mass is 9.99. The van der Waals surface area contributed by atoms with Crippen molar-refractivity contribution in [3.8, 4) is 6.19 Å². The molecule has 2 aliphatic carbocycles. The van der Waals surface area contributed by atoms with Gasteiger partial charge in [-0.25, -0.2) is 13.7 Å². The first-order chi connectivity index (χ1) is 14.1. The van der Waals surface area contributed by atoms with E-state index in [9.17, 15) is 9.00 Å². The van der Waals surface area contributed by atoms with Gasteiger partial charge >= 0.3 is 6.03 Å². The smallest absolute Gasteiger partial charge is 0.331 e. The molecule has 29 heavy (non-hydrogen) atoms. The predicted octanol–water partition coefficient (Wildman–Crippen LogP) is 2.15. The Balaban J connectivity index is 1.47. The number of aryl methyl sites for hydroxylation is 2. The zero-order valence-electron chi connectivity index (χ0n) is 16.2. The Morgan fingerprint density at radius 1 is 1.24 bits per heavy atom. The van der Waals surface area contributed by atoms with E-state index in [-0.39, 0.29) is 6.04 Å². The van der Waals surface area contributed by atoms with Crippen LogP contribution in [0.1, 0.15) is 35.1 Å². The van der Waals surface area contributed by atoms with Crippen molar-refractivity contribution >= 4 is 21.6 Å². The molecule has 1 heterocycles. The number of ether oxygens (including phenoxy) is 1. The van der Waals surface area contributed by atoms with E-state index in [1.165, 1.54) is 27.7 Å². The number of urea groups is 1. The van der Waals surface area contributed by atoms with E-state index >= 15 is 0 Å². The average molecular weight is 416 g/mol. The minimum atomic E-state index is -3.32. The molecule has 9 heteroatoms. The summed E-state index contributed by atoms with van der Waals surface area (Å²) in [6, 6.07) is 1.96. The molecule has 154 valence electrons. The number of nitrogens with one attached hydrogen (secondary N) is 3. The summed E-state index contributed by atoms with van der Waals surface area (Å²) in [4.78, 5) is 12.7. The van der Waals surface area contributed by atoms with Gasteiger partial charge in [-0.3, -0.25) is 0 Å². The molecule has 1 aliphatic heterocycles. The van der Waals surface area contributed by atoms with Crippen LogP contribution in [-0.4, -0.2) is 36.0 Å². The molecule has 1 aromatic rings. The highest BCUT2D eigenvalue weighted by atomic mass is 32.2. The molecule has 1 fully saturated rings. The summed E-state index contributed by atoms with van der Waals surface area (Å²) in [6.45, 7) is 1.76. The van der Waals surface area contributed by atoms with E-state index in [0.717, 1.165) is 44.2 Å². The van der Waals surface area contributed by atoms with Crippen LogP contribution < -0.4 is 15.4 Å². The summed E-state index contributed by atoms with van der Waals surface area (Å²) in [5.41, 5.74) is 5.84. The molecule has 3 N–H and O–H groups in total. The number of hydrogen-bond acceptors (Lipinski definition) is 6. The van der Waals surface area contributed by atoms with Gasteiger partial charge in [0.1, 0.15) is 0 Å². The number of fused-ring (bicyclic) bond motifs is 2. The van der Waals surface area contributed by atoms with Crippen LogP contribution in [0.2, 0.25) is 0 Å². The largest absolute Gasteiger partial charge is 0.378 e. The van der Waals surface area contributed by atoms with Crippen LogP contribution in [0.15, 0.2) is 21.9 Å². The molecule has 4 rings (SSSR count). The number of nitrogens with zero attached hydrogens (tertiary/aromatic N) is 2. The highest BCUT2D eigenvalue weighted by Gasteiger charge is 2.25. The molecule has 1 saturated heterocycles. The van der Waals surface area contributed by atoms with Crippen LogP contribution in [-0.2, 0) is 40.3 Å². The van der Waals surface area contributed by atoms with Crippen LogP contribution in [0.3, 0.4) is 0 Å². The van der Waals surface area contributed by atoms with Gasteiger partial charge in [-0.2, -0.15) is 5.26 Å². The number of hydrogen-bond donors (Lipinski definition) is 3. The van der Waals surface area contributed by atoms with Gasteiger partial charge in [0.05, 0.1) is 19.3 Å². The van der Waals surface area contributed by atoms with Gasteiger partial charge in [0.2, 0.25) is 6.19 Å². The molecular formula is C20H25N5O3S. The van der Waals surface area contributed by atoms with Gasteiger partial charge < -0.3 is 15.4 Å². The second-order valence-electron chi connectivity index (χ2n) is 7.56. The van der Waals surface area contributed by atoms with E-state index in [1.807, 2.05) is 0 Å². The van der Waals surface area contributed by atoms with Crippen molar-refractivity contribution < 1.29 is 13.7 Å². The van der Waals surface area contributed by atoms with E-state index in [1.54, 1.807) is 12.3 Å². The third kappa shape index (κ3) is 4.45. The number of carbonyl (C=O) groups excluding carboxylic acids is 1. The molecular weight excluding hydrogens is 390 g/mol. The first kappa shape index (κ1) is 19.9. The van der Waals surface area contributed by atoms with Gasteiger partial charge in [0.25, 0.3) is 0 Å². The number of carbonyl (C=O) groups is 1. The molecule has 1 atom stereocenters. The topological polar surface area (TPSA) is 116 Å². The highest BCUT2D eigenvalue weighted by Crippen LogP contribution is 2.38. The second kappa shape index (κ2) is 8.53. The van der Waals surface area contributed by atoms with E-state index in [0.29, 0.717) is 19.8 Å². The number of rotatable bonds is 6. The summed E-state index contributed by atoms with van der Waals surface area (Å²) in [6.07, 6.45) is 9.25. The van der Waals surface area contributed by atoms with Crippen molar-refractivity contribution in [2.75, 3.05) is 25.1 Å². The Bertz CT molecular complexity index is 968. The van der Waals surface area contributed by atoms with Crippen LogP contribution in [0.25, 0.3) is 0 Å². The quantitative estimate of drug-likeness (QED) is 0.616. The van der Waals surface area contributed by atoms with Crippen molar-refractivity contribution in [2.24, 2.45) is 4.36 Å². The maximum Gasteiger partial charge on any atom is 0.331 e. The fourth-order valence-electron chi connectivity index (χ4n) is 4.15. The molecule has 0 saturated carbocycles. The number of benzene rings is 1. The van der Waals surface area contributed by atoms with Crippen molar-refractivity contribution in [3.63, 3.8) is 0 Å². The Hall–Kier alpha value is -2.41. The van der Waals surface area contributed by atoms with Crippen LogP contribution in [0, 0.1) is 11.5 Å². The summed E-state index contributed by atoms with van der Waals surface area (Å²) in [5.74, 6) is 0. The van der Waals surface area contributed by atoms with Gasteiger partial charge in [-0.05, 0) is 60.8 Å². The standard InChI is InChI=1S/C20H25N5O3S/c21-13-23-29(27,9-3-8-22-16-11-28-12-16)25-20(26)24-19-17-6-1-4-14(17)10-15-5-2-7-18(15)19/h3,9-10,16,22H,1-2,4-8,11-12H2,(H2,23,24,25,26,27)/b9-3+. The zero-order valence-corrected chi connectivity index (χ0v) is 17.0. The Morgan fingerprint density at radius 3 is 2.52 bits per heavy atom. The summed E-state index contributed by atoms with van der Waals surface area (Å²) >= 11 is 0. The Labute approximate surface area is 171 Å². The minimum Gasteiger partial charge on any atom is -0.378 e. The zero-order chi connectivity index (χ0) is 20.3. The maximum atomic E-state index is 12.9. The fourth-order valence-corrected chi connectivity index (χ4v) is 5.12. The van der Waals surface area contributed by atoms with Gasteiger partial charge in [0.15, 0.2) is 9.92 Å². The molecule has 3 aliphatic rings. The van der Waals surface area contributed by atoms with Gasteiger partial charge in [-0.15, -0.1) is 0 Å². The number of anilines is 1. The lowest BCUT2D eigenvalue weighted by Crippen LogP contribution is -2.45. The Kier molecular flexibility index (Phi) is 5.85. The first-order valence-corrected chi connectivity index (χ1v) is 11.5. The second-order valence-corrected chi connectivity index (χ2v) is 9.36. The molecule has 0 spiro atoms. The van der Waals surface area contributed by atoms with Crippen molar-refractivity contribution in [3.05, 3.63) is 39.8 Å². The fraction of sp³-hybridized carbons (Fsp3) is 0.500. The summed E-state index contributed by atoms with van der Waals surface area (Å²) in [7, 11) is -3.32.